The van der Waals surface area contributed by atoms with Gasteiger partial charge in [-0.25, -0.2) is 0 Å². The van der Waals surface area contributed by atoms with Crippen LogP contribution in [0.1, 0.15) is 13.3 Å². The molecule has 1 aliphatic rings. The largest absolute Gasteiger partial charge is 0.396 e. The van der Waals surface area contributed by atoms with E-state index in [4.69, 9.17) is 5.11 Å². The minimum atomic E-state index is -0.183. The van der Waals surface area contributed by atoms with Crippen molar-refractivity contribution in [1.82, 2.24) is 10.6 Å². The summed E-state index contributed by atoms with van der Waals surface area (Å²) in [5, 5.41) is 14.1. The molecule has 0 spiro atoms. The van der Waals surface area contributed by atoms with Crippen LogP contribution in [0.15, 0.2) is 4.99 Å². The van der Waals surface area contributed by atoms with Crippen molar-refractivity contribution >= 4 is 11.7 Å². The maximum atomic E-state index is 11.3. The summed E-state index contributed by atoms with van der Waals surface area (Å²) in [4.78, 5) is 15.3. The predicted molar refractivity (Wildman–Crippen MR) is 49.6 cm³/mol. The minimum Gasteiger partial charge on any atom is -0.396 e. The lowest BCUT2D eigenvalue weighted by atomic mass is 10.4. The topological polar surface area (TPSA) is 73.7 Å². The van der Waals surface area contributed by atoms with Gasteiger partial charge in [-0.3, -0.25) is 9.79 Å². The fraction of sp³-hybridized carbons (Fsp3) is 0.750. The van der Waals surface area contributed by atoms with Crippen molar-refractivity contribution in [2.45, 2.75) is 19.4 Å². The second-order valence-electron chi connectivity index (χ2n) is 3.07. The summed E-state index contributed by atoms with van der Waals surface area (Å²) in [5.41, 5.74) is 0. The average molecular weight is 185 g/mol. The van der Waals surface area contributed by atoms with Crippen LogP contribution in [0, 0.1) is 0 Å². The number of amides is 1. The van der Waals surface area contributed by atoms with Crippen molar-refractivity contribution in [3.63, 3.8) is 0 Å². The van der Waals surface area contributed by atoms with E-state index in [0.717, 1.165) is 0 Å². The highest BCUT2D eigenvalue weighted by atomic mass is 16.3. The first kappa shape index (κ1) is 9.98. The Morgan fingerprint density at radius 1 is 1.85 bits per heavy atom. The zero-order chi connectivity index (χ0) is 9.68. The van der Waals surface area contributed by atoms with Crippen molar-refractivity contribution in [3.05, 3.63) is 0 Å². The van der Waals surface area contributed by atoms with Gasteiger partial charge in [0.25, 0.3) is 5.91 Å². The molecule has 0 aromatic carbocycles. The molecule has 0 aliphatic carbocycles. The SMILES string of the molecule is CC1CN=C(C(=O)NCCCO)N1. The Morgan fingerprint density at radius 3 is 3.15 bits per heavy atom. The molecule has 5 nitrogen and oxygen atoms in total. The number of rotatable bonds is 4. The third-order valence-corrected chi connectivity index (χ3v) is 1.74. The number of aliphatic hydroxyl groups excluding tert-OH is 1. The number of hydrogen-bond donors (Lipinski definition) is 3. The molecular weight excluding hydrogens is 170 g/mol. The molecule has 0 saturated heterocycles. The number of amidine groups is 1. The monoisotopic (exact) mass is 185 g/mol. The van der Waals surface area contributed by atoms with Crippen molar-refractivity contribution in [2.24, 2.45) is 4.99 Å². The first-order valence-electron chi connectivity index (χ1n) is 4.44. The van der Waals surface area contributed by atoms with Crippen LogP contribution >= 0.6 is 0 Å². The molecule has 1 unspecified atom stereocenters. The standard InChI is InChI=1S/C8H15N3O2/c1-6-5-10-7(11-6)8(13)9-3-2-4-12/h6,12H,2-5H2,1H3,(H,9,13)(H,10,11). The van der Waals surface area contributed by atoms with E-state index in [-0.39, 0.29) is 18.6 Å². The van der Waals surface area contributed by atoms with Crippen molar-refractivity contribution in [3.8, 4) is 0 Å². The molecule has 1 heterocycles. The summed E-state index contributed by atoms with van der Waals surface area (Å²) in [5.74, 6) is 0.225. The van der Waals surface area contributed by atoms with Gasteiger partial charge in [-0.05, 0) is 13.3 Å². The molecular formula is C8H15N3O2. The van der Waals surface area contributed by atoms with E-state index in [1.165, 1.54) is 0 Å². The summed E-state index contributed by atoms with van der Waals surface area (Å²) in [7, 11) is 0. The molecule has 13 heavy (non-hydrogen) atoms. The average Bonchev–Trinajstić information content (AvgIpc) is 2.52. The van der Waals surface area contributed by atoms with Crippen LogP contribution in [0.25, 0.3) is 0 Å². The van der Waals surface area contributed by atoms with Gasteiger partial charge >= 0.3 is 0 Å². The number of carbonyl (C=O) groups is 1. The highest BCUT2D eigenvalue weighted by molar-refractivity contribution is 6.38. The Hall–Kier alpha value is -1.10. The molecule has 0 bridgehead atoms. The van der Waals surface area contributed by atoms with E-state index in [1.807, 2.05) is 6.92 Å². The number of nitrogens with one attached hydrogen (secondary N) is 2. The minimum absolute atomic E-state index is 0.0938. The lowest BCUT2D eigenvalue weighted by Gasteiger charge is -2.06. The molecule has 1 atom stereocenters. The molecule has 5 heteroatoms. The summed E-state index contributed by atoms with van der Waals surface area (Å²) >= 11 is 0. The molecule has 1 amide bonds. The van der Waals surface area contributed by atoms with Gasteiger partial charge in [0.05, 0.1) is 6.54 Å². The van der Waals surface area contributed by atoms with Gasteiger partial charge in [-0.1, -0.05) is 0 Å². The van der Waals surface area contributed by atoms with Crippen LogP contribution in [0.2, 0.25) is 0 Å². The summed E-state index contributed by atoms with van der Waals surface area (Å²) in [6, 6.07) is 0.249. The molecule has 3 N–H and O–H groups in total. The molecule has 0 aromatic rings. The highest BCUT2D eigenvalue weighted by Gasteiger charge is 2.18. The van der Waals surface area contributed by atoms with Crippen LogP contribution in [-0.4, -0.2) is 42.6 Å². The van der Waals surface area contributed by atoms with Gasteiger partial charge < -0.3 is 15.7 Å². The predicted octanol–water partition coefficient (Wildman–Crippen LogP) is -1.12. The second-order valence-corrected chi connectivity index (χ2v) is 3.07. The molecule has 74 valence electrons. The van der Waals surface area contributed by atoms with E-state index < -0.39 is 0 Å². The fourth-order valence-corrected chi connectivity index (χ4v) is 1.05. The Kier molecular flexibility index (Phi) is 3.70. The molecule has 0 fully saturated rings. The molecule has 1 aliphatic heterocycles. The number of nitrogens with zero attached hydrogens (tertiary/aromatic N) is 1. The number of aliphatic hydroxyl groups is 1. The van der Waals surface area contributed by atoms with Crippen LogP contribution in [0.3, 0.4) is 0 Å². The van der Waals surface area contributed by atoms with Gasteiger partial charge in [-0.2, -0.15) is 0 Å². The summed E-state index contributed by atoms with van der Waals surface area (Å²) in [6.45, 7) is 3.21. The lowest BCUT2D eigenvalue weighted by Crippen LogP contribution is -2.40. The van der Waals surface area contributed by atoms with Gasteiger partial charge in [-0.15, -0.1) is 0 Å². The van der Waals surface area contributed by atoms with Crippen LogP contribution in [0.4, 0.5) is 0 Å². The van der Waals surface area contributed by atoms with Crippen LogP contribution in [0.5, 0.6) is 0 Å². The van der Waals surface area contributed by atoms with Crippen molar-refractivity contribution in [2.75, 3.05) is 19.7 Å². The Labute approximate surface area is 77.2 Å². The quantitative estimate of drug-likeness (QED) is 0.485. The number of carbonyl (C=O) groups excluding carboxylic acids is 1. The molecule has 0 saturated carbocycles. The zero-order valence-electron chi connectivity index (χ0n) is 7.71. The Morgan fingerprint density at radius 2 is 2.62 bits per heavy atom. The van der Waals surface area contributed by atoms with Gasteiger partial charge in [0, 0.05) is 19.2 Å². The number of hydrogen-bond acceptors (Lipinski definition) is 4. The third kappa shape index (κ3) is 3.02. The van der Waals surface area contributed by atoms with E-state index >= 15 is 0 Å². The van der Waals surface area contributed by atoms with E-state index in [2.05, 4.69) is 15.6 Å². The van der Waals surface area contributed by atoms with Crippen LogP contribution < -0.4 is 10.6 Å². The first-order valence-corrected chi connectivity index (χ1v) is 4.44. The maximum absolute atomic E-state index is 11.3. The van der Waals surface area contributed by atoms with Crippen LogP contribution in [-0.2, 0) is 4.79 Å². The lowest BCUT2D eigenvalue weighted by molar-refractivity contribution is -0.115. The van der Waals surface area contributed by atoms with E-state index in [9.17, 15) is 4.79 Å². The van der Waals surface area contributed by atoms with Gasteiger partial charge in [0.2, 0.25) is 0 Å². The van der Waals surface area contributed by atoms with E-state index in [0.29, 0.717) is 25.3 Å². The molecule has 0 radical (unpaired) electrons. The Balaban J connectivity index is 2.24. The highest BCUT2D eigenvalue weighted by Crippen LogP contribution is 1.94. The van der Waals surface area contributed by atoms with Crippen molar-refractivity contribution in [1.29, 1.82) is 0 Å². The smallest absolute Gasteiger partial charge is 0.286 e. The van der Waals surface area contributed by atoms with Crippen molar-refractivity contribution < 1.29 is 9.90 Å². The number of aliphatic imine (C=N–C) groups is 1. The zero-order valence-corrected chi connectivity index (χ0v) is 7.71. The maximum Gasteiger partial charge on any atom is 0.286 e. The third-order valence-electron chi connectivity index (χ3n) is 1.74. The molecule has 0 aromatic heterocycles. The first-order chi connectivity index (χ1) is 6.24. The summed E-state index contributed by atoms with van der Waals surface area (Å²) < 4.78 is 0. The van der Waals surface area contributed by atoms with Gasteiger partial charge in [0.1, 0.15) is 0 Å². The van der Waals surface area contributed by atoms with Gasteiger partial charge in [0.15, 0.2) is 5.84 Å². The summed E-state index contributed by atoms with van der Waals surface area (Å²) in [6.07, 6.45) is 0.578. The normalized spacial score (nSPS) is 20.8. The fourth-order valence-electron chi connectivity index (χ4n) is 1.05. The Bertz CT molecular complexity index is 215. The molecule has 1 rings (SSSR count). The van der Waals surface area contributed by atoms with E-state index in [1.54, 1.807) is 0 Å². The second kappa shape index (κ2) is 4.81.